The van der Waals surface area contributed by atoms with Crippen LogP contribution in [0.4, 0.5) is 0 Å². The second-order valence-electron chi connectivity index (χ2n) is 2.26. The van der Waals surface area contributed by atoms with Crippen molar-refractivity contribution in [1.29, 1.82) is 0 Å². The van der Waals surface area contributed by atoms with Gasteiger partial charge in [-0.15, -0.1) is 0 Å². The van der Waals surface area contributed by atoms with Crippen molar-refractivity contribution in [2.45, 2.75) is 6.92 Å². The van der Waals surface area contributed by atoms with Crippen LogP contribution in [-0.4, -0.2) is 28.2 Å². The van der Waals surface area contributed by atoms with Gasteiger partial charge in [-0.2, -0.15) is 0 Å². The Morgan fingerprint density at radius 1 is 1.54 bits per heavy atom. The highest BCUT2D eigenvalue weighted by Crippen LogP contribution is 2.20. The zero-order chi connectivity index (χ0) is 10.0. The van der Waals surface area contributed by atoms with Crippen LogP contribution in [0.2, 0.25) is 5.15 Å². The van der Waals surface area contributed by atoms with Crippen molar-refractivity contribution in [3.05, 3.63) is 16.5 Å². The van der Waals surface area contributed by atoms with Gasteiger partial charge in [0.2, 0.25) is 0 Å². The van der Waals surface area contributed by atoms with E-state index in [-0.39, 0.29) is 22.4 Å². The number of hydrogen-bond acceptors (Lipinski definition) is 4. The molecule has 5 nitrogen and oxygen atoms in total. The minimum absolute atomic E-state index is 0.0505. The van der Waals surface area contributed by atoms with Gasteiger partial charge >= 0.3 is 5.97 Å². The van der Waals surface area contributed by atoms with Gasteiger partial charge in [0.1, 0.15) is 0 Å². The zero-order valence-electron chi connectivity index (χ0n) is 7.04. The highest BCUT2D eigenvalue weighted by molar-refractivity contribution is 6.30. The van der Waals surface area contributed by atoms with Crippen molar-refractivity contribution >= 4 is 17.6 Å². The van der Waals surface area contributed by atoms with Gasteiger partial charge in [-0.05, 0) is 6.92 Å². The minimum Gasteiger partial charge on any atom is -0.479 e. The van der Waals surface area contributed by atoms with Gasteiger partial charge in [0, 0.05) is 0 Å². The number of aromatic nitrogens is 2. The lowest BCUT2D eigenvalue weighted by molar-refractivity contribution is 0.0689. The number of ether oxygens (including phenoxy) is 1. The number of halogens is 1. The monoisotopic (exact) mass is 202 g/mol. The number of aromatic carboxylic acids is 1. The van der Waals surface area contributed by atoms with E-state index in [4.69, 9.17) is 21.4 Å². The minimum atomic E-state index is -1.16. The van der Waals surface area contributed by atoms with E-state index < -0.39 is 5.97 Å². The summed E-state index contributed by atoms with van der Waals surface area (Å²) in [5.74, 6) is -1.03. The Morgan fingerprint density at radius 2 is 2.15 bits per heavy atom. The lowest BCUT2D eigenvalue weighted by Gasteiger charge is -2.04. The number of carboxylic acids is 1. The molecule has 1 aromatic heterocycles. The molecule has 0 saturated heterocycles. The maximum Gasteiger partial charge on any atom is 0.356 e. The van der Waals surface area contributed by atoms with E-state index in [9.17, 15) is 4.79 Å². The van der Waals surface area contributed by atoms with E-state index >= 15 is 0 Å². The molecule has 0 aliphatic carbocycles. The molecule has 0 aromatic carbocycles. The van der Waals surface area contributed by atoms with E-state index in [1.54, 1.807) is 0 Å². The first-order valence-electron chi connectivity index (χ1n) is 3.37. The largest absolute Gasteiger partial charge is 0.479 e. The number of carboxylic acid groups (broad SMARTS) is 1. The van der Waals surface area contributed by atoms with Crippen molar-refractivity contribution in [3.63, 3.8) is 0 Å². The molecule has 0 bridgehead atoms. The standard InChI is InChI=1S/C7H7ClN2O3/c1-3-4(7(11)12)10-5(8)6(9-3)13-2/h1-2H3,(H,11,12). The van der Waals surface area contributed by atoms with Gasteiger partial charge in [0.25, 0.3) is 5.88 Å². The number of hydrogen-bond donors (Lipinski definition) is 1. The molecule has 0 spiro atoms. The van der Waals surface area contributed by atoms with Crippen molar-refractivity contribution in [1.82, 2.24) is 9.97 Å². The van der Waals surface area contributed by atoms with E-state index in [1.165, 1.54) is 14.0 Å². The summed E-state index contributed by atoms with van der Waals surface area (Å²) in [5.41, 5.74) is 0.111. The number of carbonyl (C=O) groups is 1. The lowest BCUT2D eigenvalue weighted by Crippen LogP contribution is -2.07. The Kier molecular flexibility index (Phi) is 2.67. The van der Waals surface area contributed by atoms with Gasteiger partial charge in [0.05, 0.1) is 12.8 Å². The highest BCUT2D eigenvalue weighted by Gasteiger charge is 2.14. The molecule has 0 aliphatic rings. The predicted molar refractivity (Wildman–Crippen MR) is 45.3 cm³/mol. The summed E-state index contributed by atoms with van der Waals surface area (Å²) in [5, 5.41) is 8.60. The summed E-state index contributed by atoms with van der Waals surface area (Å²) in [4.78, 5) is 18.0. The van der Waals surface area contributed by atoms with Gasteiger partial charge < -0.3 is 9.84 Å². The average Bonchev–Trinajstić information content (AvgIpc) is 2.07. The summed E-state index contributed by atoms with van der Waals surface area (Å²) in [7, 11) is 1.38. The van der Waals surface area contributed by atoms with Crippen molar-refractivity contribution in [2.24, 2.45) is 0 Å². The van der Waals surface area contributed by atoms with Crippen molar-refractivity contribution in [2.75, 3.05) is 7.11 Å². The molecule has 1 aromatic rings. The fourth-order valence-electron chi connectivity index (χ4n) is 0.811. The highest BCUT2D eigenvalue weighted by atomic mass is 35.5. The van der Waals surface area contributed by atoms with E-state index in [0.29, 0.717) is 0 Å². The molecule has 70 valence electrons. The topological polar surface area (TPSA) is 72.3 Å². The van der Waals surface area contributed by atoms with Crippen LogP contribution in [-0.2, 0) is 0 Å². The zero-order valence-corrected chi connectivity index (χ0v) is 7.79. The van der Waals surface area contributed by atoms with Crippen LogP contribution in [0, 0.1) is 6.92 Å². The number of rotatable bonds is 2. The molecular weight excluding hydrogens is 196 g/mol. The molecule has 0 saturated carbocycles. The molecule has 0 fully saturated rings. The van der Waals surface area contributed by atoms with Crippen LogP contribution in [0.25, 0.3) is 0 Å². The quantitative estimate of drug-likeness (QED) is 0.779. The Morgan fingerprint density at radius 3 is 2.62 bits per heavy atom. The molecule has 0 radical (unpaired) electrons. The predicted octanol–water partition coefficient (Wildman–Crippen LogP) is 1.15. The Hall–Kier alpha value is -1.36. The third-order valence-corrected chi connectivity index (χ3v) is 1.64. The second-order valence-corrected chi connectivity index (χ2v) is 2.62. The first-order valence-corrected chi connectivity index (χ1v) is 3.75. The maximum absolute atomic E-state index is 10.6. The van der Waals surface area contributed by atoms with Crippen LogP contribution in [0.15, 0.2) is 0 Å². The Bertz CT molecular complexity index is 354. The molecule has 13 heavy (non-hydrogen) atoms. The van der Waals surface area contributed by atoms with Crippen LogP contribution in [0.3, 0.4) is 0 Å². The lowest BCUT2D eigenvalue weighted by atomic mass is 10.3. The SMILES string of the molecule is COc1nc(C)c(C(=O)O)nc1Cl. The van der Waals surface area contributed by atoms with Crippen LogP contribution in [0.5, 0.6) is 5.88 Å². The first-order chi connectivity index (χ1) is 6.06. The second kappa shape index (κ2) is 3.57. The van der Waals surface area contributed by atoms with Gasteiger partial charge in [-0.1, -0.05) is 11.6 Å². The van der Waals surface area contributed by atoms with Crippen LogP contribution in [0.1, 0.15) is 16.2 Å². The van der Waals surface area contributed by atoms with Crippen LogP contribution < -0.4 is 4.74 Å². The fraction of sp³-hybridized carbons (Fsp3) is 0.286. The van der Waals surface area contributed by atoms with Gasteiger partial charge in [0.15, 0.2) is 10.8 Å². The molecular formula is C7H7ClN2O3. The first kappa shape index (κ1) is 9.73. The molecule has 1 rings (SSSR count). The van der Waals surface area contributed by atoms with Crippen molar-refractivity contribution < 1.29 is 14.6 Å². The van der Waals surface area contributed by atoms with Gasteiger partial charge in [-0.3, -0.25) is 0 Å². The van der Waals surface area contributed by atoms with Gasteiger partial charge in [-0.25, -0.2) is 14.8 Å². The van der Waals surface area contributed by atoms with Crippen molar-refractivity contribution in [3.8, 4) is 5.88 Å². The number of aryl methyl sites for hydroxylation is 1. The summed E-state index contributed by atoms with van der Waals surface area (Å²) in [6.07, 6.45) is 0. The third-order valence-electron chi connectivity index (χ3n) is 1.39. The molecule has 0 atom stereocenters. The van der Waals surface area contributed by atoms with E-state index in [0.717, 1.165) is 0 Å². The van der Waals surface area contributed by atoms with Crippen LogP contribution >= 0.6 is 11.6 Å². The normalized spacial score (nSPS) is 9.77. The summed E-state index contributed by atoms with van der Waals surface area (Å²) < 4.78 is 4.76. The fourth-order valence-corrected chi connectivity index (χ4v) is 1.01. The molecule has 0 unspecified atom stereocenters. The smallest absolute Gasteiger partial charge is 0.356 e. The molecule has 0 aliphatic heterocycles. The maximum atomic E-state index is 10.6. The molecule has 6 heteroatoms. The summed E-state index contributed by atoms with van der Waals surface area (Å²) in [6.45, 7) is 1.52. The summed E-state index contributed by atoms with van der Waals surface area (Å²) in [6, 6.07) is 0. The molecule has 1 heterocycles. The summed E-state index contributed by atoms with van der Waals surface area (Å²) >= 11 is 5.58. The molecule has 1 N–H and O–H groups in total. The molecule has 0 amide bonds. The number of nitrogens with zero attached hydrogens (tertiary/aromatic N) is 2. The van der Waals surface area contributed by atoms with E-state index in [2.05, 4.69) is 9.97 Å². The third kappa shape index (κ3) is 1.86. The average molecular weight is 203 g/mol. The Balaban J connectivity index is 3.28. The van der Waals surface area contributed by atoms with E-state index in [1.807, 2.05) is 0 Å². The Labute approximate surface area is 79.3 Å². The number of methoxy groups -OCH3 is 1.